The van der Waals surface area contributed by atoms with Gasteiger partial charge in [0.25, 0.3) is 5.69 Å². The quantitative estimate of drug-likeness (QED) is 0.472. The molecule has 0 saturated heterocycles. The van der Waals surface area contributed by atoms with Crippen LogP contribution in [0.15, 0.2) is 42.5 Å². The molecule has 0 spiro atoms. The maximum Gasteiger partial charge on any atom is 0.271 e. The fraction of sp³-hybridized carbons (Fsp3) is 0.188. The average Bonchev–Trinajstić information content (AvgIpc) is 2.60. The van der Waals surface area contributed by atoms with Crippen LogP contribution in [0.5, 0.6) is 11.5 Å². The number of thiocarbonyl (C=S) groups is 1. The molecule has 0 aromatic heterocycles. The first-order valence-electron chi connectivity index (χ1n) is 7.03. The third-order valence-corrected chi connectivity index (χ3v) is 3.50. The molecule has 0 aliphatic rings. The molecule has 24 heavy (non-hydrogen) atoms. The fourth-order valence-corrected chi connectivity index (χ4v) is 2.18. The van der Waals surface area contributed by atoms with E-state index in [2.05, 4.69) is 10.6 Å². The number of hydrogen-bond donors (Lipinski definition) is 2. The Bertz CT molecular complexity index is 735. The van der Waals surface area contributed by atoms with Crippen LogP contribution in [0.2, 0.25) is 0 Å². The molecule has 7 nitrogen and oxygen atoms in total. The van der Waals surface area contributed by atoms with Gasteiger partial charge >= 0.3 is 0 Å². The summed E-state index contributed by atoms with van der Waals surface area (Å²) in [6, 6.07) is 11.8. The molecular weight excluding hydrogens is 330 g/mol. The fourth-order valence-electron chi connectivity index (χ4n) is 2.00. The lowest BCUT2D eigenvalue weighted by atomic mass is 10.2. The summed E-state index contributed by atoms with van der Waals surface area (Å²) in [7, 11) is 3.10. The lowest BCUT2D eigenvalue weighted by Gasteiger charge is -2.13. The number of non-ortho nitro benzene ring substituents is 1. The maximum atomic E-state index is 10.9. The van der Waals surface area contributed by atoms with Crippen LogP contribution in [0.3, 0.4) is 0 Å². The second-order valence-electron chi connectivity index (χ2n) is 4.80. The Labute approximate surface area is 144 Å². The Hall–Kier alpha value is -2.87. The van der Waals surface area contributed by atoms with E-state index in [-0.39, 0.29) is 5.69 Å². The van der Waals surface area contributed by atoms with E-state index < -0.39 is 4.92 Å². The van der Waals surface area contributed by atoms with E-state index in [0.717, 1.165) is 11.3 Å². The van der Waals surface area contributed by atoms with Gasteiger partial charge in [0.1, 0.15) is 11.5 Å². The monoisotopic (exact) mass is 347 g/mol. The molecule has 0 aliphatic carbocycles. The van der Waals surface area contributed by atoms with Crippen molar-refractivity contribution in [3.05, 3.63) is 58.1 Å². The van der Waals surface area contributed by atoms with Crippen molar-refractivity contribution >= 4 is 28.7 Å². The van der Waals surface area contributed by atoms with Gasteiger partial charge in [-0.25, -0.2) is 0 Å². The van der Waals surface area contributed by atoms with Crippen LogP contribution in [0.25, 0.3) is 0 Å². The highest BCUT2D eigenvalue weighted by molar-refractivity contribution is 7.80. The Kier molecular flexibility index (Phi) is 5.91. The lowest BCUT2D eigenvalue weighted by molar-refractivity contribution is -0.384. The third-order valence-electron chi connectivity index (χ3n) is 3.25. The maximum absolute atomic E-state index is 10.9. The second-order valence-corrected chi connectivity index (χ2v) is 5.21. The molecule has 0 atom stereocenters. The minimum atomic E-state index is -0.474. The number of hydrogen-bond acceptors (Lipinski definition) is 5. The van der Waals surface area contributed by atoms with E-state index in [9.17, 15) is 10.1 Å². The highest BCUT2D eigenvalue weighted by Gasteiger charge is 2.12. The highest BCUT2D eigenvalue weighted by atomic mass is 32.1. The van der Waals surface area contributed by atoms with Crippen LogP contribution < -0.4 is 20.1 Å². The third kappa shape index (κ3) is 4.56. The Morgan fingerprint density at radius 1 is 1.17 bits per heavy atom. The van der Waals surface area contributed by atoms with Crippen LogP contribution in [0, 0.1) is 10.1 Å². The molecule has 2 N–H and O–H groups in total. The first-order valence-corrected chi connectivity index (χ1v) is 7.44. The van der Waals surface area contributed by atoms with E-state index in [1.54, 1.807) is 7.11 Å². The first kappa shape index (κ1) is 17.5. The van der Waals surface area contributed by atoms with Gasteiger partial charge in [0, 0.05) is 18.7 Å². The van der Waals surface area contributed by atoms with Gasteiger partial charge in [-0.15, -0.1) is 0 Å². The topological polar surface area (TPSA) is 85.7 Å². The molecular formula is C16H17N3O4S. The van der Waals surface area contributed by atoms with E-state index in [0.29, 0.717) is 23.1 Å². The number of methoxy groups -OCH3 is 2. The summed E-state index contributed by atoms with van der Waals surface area (Å²) >= 11 is 5.23. The number of nitro groups is 1. The summed E-state index contributed by atoms with van der Waals surface area (Å²) in [5.74, 6) is 1.25. The minimum Gasteiger partial charge on any atom is -0.497 e. The Balaban J connectivity index is 2.00. The predicted molar refractivity (Wildman–Crippen MR) is 95.7 cm³/mol. The Morgan fingerprint density at radius 3 is 2.46 bits per heavy atom. The molecule has 0 fully saturated rings. The zero-order chi connectivity index (χ0) is 17.5. The van der Waals surface area contributed by atoms with Crippen molar-refractivity contribution in [1.82, 2.24) is 5.32 Å². The van der Waals surface area contributed by atoms with Crippen molar-refractivity contribution in [2.75, 3.05) is 19.5 Å². The molecule has 0 heterocycles. The number of nitro benzene ring substituents is 1. The van der Waals surface area contributed by atoms with Gasteiger partial charge in [-0.2, -0.15) is 0 Å². The molecule has 0 amide bonds. The van der Waals surface area contributed by atoms with Crippen molar-refractivity contribution in [1.29, 1.82) is 0 Å². The van der Waals surface area contributed by atoms with Gasteiger partial charge in [0.15, 0.2) is 5.11 Å². The number of nitrogens with zero attached hydrogens (tertiary/aromatic N) is 1. The van der Waals surface area contributed by atoms with Gasteiger partial charge in [-0.05, 0) is 36.0 Å². The Morgan fingerprint density at radius 2 is 1.88 bits per heavy atom. The standard InChI is InChI=1S/C16H17N3O4S/c1-22-13-6-3-11(4-7-13)10-17-16(24)18-14-9-12(19(20)21)5-8-15(14)23-2/h3-9H,10H2,1-2H3,(H2,17,18,24). The van der Waals surface area contributed by atoms with Crippen LogP contribution in [0.1, 0.15) is 5.56 Å². The molecule has 2 aromatic rings. The number of anilines is 1. The summed E-state index contributed by atoms with van der Waals surface area (Å²) in [4.78, 5) is 10.4. The molecule has 0 radical (unpaired) electrons. The van der Waals surface area contributed by atoms with Crippen LogP contribution in [-0.4, -0.2) is 24.3 Å². The lowest BCUT2D eigenvalue weighted by Crippen LogP contribution is -2.28. The van der Waals surface area contributed by atoms with E-state index in [1.165, 1.54) is 25.3 Å². The molecule has 2 aromatic carbocycles. The van der Waals surface area contributed by atoms with Crippen molar-refractivity contribution in [3.8, 4) is 11.5 Å². The number of rotatable bonds is 6. The molecule has 0 bridgehead atoms. The second kappa shape index (κ2) is 8.11. The van der Waals surface area contributed by atoms with E-state index >= 15 is 0 Å². The summed E-state index contributed by atoms with van der Waals surface area (Å²) < 4.78 is 10.3. The first-order chi connectivity index (χ1) is 11.5. The van der Waals surface area contributed by atoms with E-state index in [1.807, 2.05) is 24.3 Å². The smallest absolute Gasteiger partial charge is 0.271 e. The number of ether oxygens (including phenoxy) is 2. The van der Waals surface area contributed by atoms with Crippen molar-refractivity contribution in [3.63, 3.8) is 0 Å². The summed E-state index contributed by atoms with van der Waals surface area (Å²) in [6.45, 7) is 0.507. The molecule has 0 saturated carbocycles. The zero-order valence-electron chi connectivity index (χ0n) is 13.2. The summed E-state index contributed by atoms with van der Waals surface area (Å²) in [5.41, 5.74) is 1.40. The van der Waals surface area contributed by atoms with Gasteiger partial charge < -0.3 is 20.1 Å². The molecule has 2 rings (SSSR count). The SMILES string of the molecule is COc1ccc(CNC(=S)Nc2cc([N+](=O)[O-])ccc2OC)cc1. The minimum absolute atomic E-state index is 0.0451. The van der Waals surface area contributed by atoms with E-state index in [4.69, 9.17) is 21.7 Å². The largest absolute Gasteiger partial charge is 0.497 e. The van der Waals surface area contributed by atoms with Gasteiger partial charge in [-0.3, -0.25) is 10.1 Å². The summed E-state index contributed by atoms with van der Waals surface area (Å²) in [5, 5.41) is 17.2. The van der Waals surface area contributed by atoms with Gasteiger partial charge in [0.05, 0.1) is 24.8 Å². The van der Waals surface area contributed by atoms with Crippen molar-refractivity contribution in [2.45, 2.75) is 6.54 Å². The normalized spacial score (nSPS) is 9.92. The average molecular weight is 347 g/mol. The predicted octanol–water partition coefficient (Wildman–Crippen LogP) is 3.10. The van der Waals surface area contributed by atoms with Crippen LogP contribution >= 0.6 is 12.2 Å². The molecule has 0 aliphatic heterocycles. The van der Waals surface area contributed by atoms with Crippen LogP contribution in [0.4, 0.5) is 11.4 Å². The molecule has 126 valence electrons. The van der Waals surface area contributed by atoms with Crippen molar-refractivity contribution < 1.29 is 14.4 Å². The number of nitrogens with one attached hydrogen (secondary N) is 2. The molecule has 0 unspecified atom stereocenters. The van der Waals surface area contributed by atoms with Crippen LogP contribution in [-0.2, 0) is 6.54 Å². The highest BCUT2D eigenvalue weighted by Crippen LogP contribution is 2.28. The summed E-state index contributed by atoms with van der Waals surface area (Å²) in [6.07, 6.45) is 0. The molecule has 8 heteroatoms. The number of benzene rings is 2. The zero-order valence-corrected chi connectivity index (χ0v) is 14.1. The van der Waals surface area contributed by atoms with Gasteiger partial charge in [0.2, 0.25) is 0 Å². The van der Waals surface area contributed by atoms with Gasteiger partial charge in [-0.1, -0.05) is 12.1 Å². The van der Waals surface area contributed by atoms with Crippen molar-refractivity contribution in [2.24, 2.45) is 0 Å².